The summed E-state index contributed by atoms with van der Waals surface area (Å²) in [5, 5.41) is 40.1. The lowest BCUT2D eigenvalue weighted by Gasteiger charge is -2.29. The van der Waals surface area contributed by atoms with Gasteiger partial charge in [0.1, 0.15) is 0 Å². The number of hydrogen-bond donors (Lipinski definition) is 5. The lowest BCUT2D eigenvalue weighted by Crippen LogP contribution is -2.53. The molecule has 0 aromatic heterocycles. The third-order valence-electron chi connectivity index (χ3n) is 3.67. The van der Waals surface area contributed by atoms with E-state index >= 15 is 0 Å². The Morgan fingerprint density at radius 1 is 0.900 bits per heavy atom. The molecule has 118 valence electrons. The fraction of sp³-hybridized carbons (Fsp3) is 0.846. The molecule has 7 nitrogen and oxygen atoms in total. The Bertz CT molecular complexity index is 331. The van der Waals surface area contributed by atoms with Crippen LogP contribution in [0.1, 0.15) is 41.5 Å². The van der Waals surface area contributed by atoms with Crippen LogP contribution in [0.15, 0.2) is 10.3 Å². The summed E-state index contributed by atoms with van der Waals surface area (Å²) in [5.74, 6) is 0. The molecule has 5 N–H and O–H groups in total. The highest BCUT2D eigenvalue weighted by Crippen LogP contribution is 2.07. The van der Waals surface area contributed by atoms with Crippen LogP contribution in [0, 0.1) is 0 Å². The van der Waals surface area contributed by atoms with Crippen LogP contribution in [0.2, 0.25) is 0 Å². The predicted octanol–water partition coefficient (Wildman–Crippen LogP) is 0.784. The van der Waals surface area contributed by atoms with Gasteiger partial charge in [0.2, 0.25) is 0 Å². The van der Waals surface area contributed by atoms with E-state index < -0.39 is 17.2 Å². The van der Waals surface area contributed by atoms with Crippen LogP contribution in [0.4, 0.5) is 0 Å². The smallest absolute Gasteiger partial charge is 0.0789 e. The third-order valence-corrected chi connectivity index (χ3v) is 3.67. The highest BCUT2D eigenvalue weighted by atomic mass is 16.4. The summed E-state index contributed by atoms with van der Waals surface area (Å²) < 4.78 is 0. The molecule has 0 unspecified atom stereocenters. The van der Waals surface area contributed by atoms with Gasteiger partial charge in [0.25, 0.3) is 0 Å². The van der Waals surface area contributed by atoms with Crippen molar-refractivity contribution in [1.29, 1.82) is 0 Å². The van der Waals surface area contributed by atoms with Crippen molar-refractivity contribution in [2.45, 2.75) is 58.7 Å². The molecule has 0 atom stereocenters. The van der Waals surface area contributed by atoms with E-state index in [0.717, 1.165) is 0 Å². The zero-order valence-corrected chi connectivity index (χ0v) is 13.2. The monoisotopic (exact) mass is 288 g/mol. The SMILES string of the molecule is C/C(=N\O)C(C)(C)NCC(O)CNC(C)(C)/C(C)=N/O. The molecule has 0 rings (SSSR count). The minimum Gasteiger partial charge on any atom is -0.411 e. The van der Waals surface area contributed by atoms with E-state index in [1.807, 2.05) is 27.7 Å². The van der Waals surface area contributed by atoms with Crippen LogP contribution in [-0.4, -0.2) is 57.2 Å². The van der Waals surface area contributed by atoms with Gasteiger partial charge < -0.3 is 26.2 Å². The van der Waals surface area contributed by atoms with Gasteiger partial charge in [0, 0.05) is 13.1 Å². The molecule has 0 aliphatic heterocycles. The maximum atomic E-state index is 9.96. The number of rotatable bonds is 8. The number of nitrogens with one attached hydrogen (secondary N) is 2. The second-order valence-corrected chi connectivity index (χ2v) is 6.04. The molecule has 0 radical (unpaired) electrons. The van der Waals surface area contributed by atoms with Gasteiger partial charge >= 0.3 is 0 Å². The van der Waals surface area contributed by atoms with Gasteiger partial charge in [-0.2, -0.15) is 0 Å². The molecule has 0 aromatic rings. The normalized spacial score (nSPS) is 16.4. The number of nitrogens with zero attached hydrogens (tertiary/aromatic N) is 2. The average Bonchev–Trinajstić information content (AvgIpc) is 2.40. The van der Waals surface area contributed by atoms with E-state index in [-0.39, 0.29) is 0 Å². The van der Waals surface area contributed by atoms with Crippen molar-refractivity contribution in [1.82, 2.24) is 10.6 Å². The van der Waals surface area contributed by atoms with Crippen LogP contribution in [-0.2, 0) is 0 Å². The van der Waals surface area contributed by atoms with Crippen molar-refractivity contribution >= 4 is 11.4 Å². The van der Waals surface area contributed by atoms with Crippen LogP contribution in [0.25, 0.3) is 0 Å². The molecular weight excluding hydrogens is 260 g/mol. The molecule has 0 fully saturated rings. The standard InChI is InChI=1S/C13H28N4O3/c1-9(16-19)12(3,4)14-7-11(18)8-15-13(5,6)10(2)17-20/h11,14-15,18-20H,7-8H2,1-6H3/b16-9+,17-10+. The van der Waals surface area contributed by atoms with E-state index in [2.05, 4.69) is 20.9 Å². The van der Waals surface area contributed by atoms with Crippen LogP contribution < -0.4 is 10.6 Å². The van der Waals surface area contributed by atoms with E-state index in [0.29, 0.717) is 24.5 Å². The predicted molar refractivity (Wildman–Crippen MR) is 80.0 cm³/mol. The third kappa shape index (κ3) is 5.85. The molecule has 0 aliphatic rings. The maximum Gasteiger partial charge on any atom is 0.0789 e. The summed E-state index contributed by atoms with van der Waals surface area (Å²) >= 11 is 0. The maximum absolute atomic E-state index is 9.96. The Morgan fingerprint density at radius 3 is 1.45 bits per heavy atom. The quantitative estimate of drug-likeness (QED) is 0.258. The van der Waals surface area contributed by atoms with Crippen molar-refractivity contribution < 1.29 is 15.5 Å². The van der Waals surface area contributed by atoms with Crippen molar-refractivity contribution in [2.75, 3.05) is 13.1 Å². The summed E-state index contributed by atoms with van der Waals surface area (Å²) in [6.07, 6.45) is -0.619. The van der Waals surface area contributed by atoms with Gasteiger partial charge in [-0.15, -0.1) is 0 Å². The van der Waals surface area contributed by atoms with E-state index in [1.165, 1.54) is 0 Å². The number of aliphatic hydroxyl groups is 1. The summed E-state index contributed by atoms with van der Waals surface area (Å²) in [5.41, 5.74) is 0.101. The first-order valence-electron chi connectivity index (χ1n) is 6.63. The van der Waals surface area contributed by atoms with Crippen LogP contribution in [0.3, 0.4) is 0 Å². The summed E-state index contributed by atoms with van der Waals surface area (Å²) in [4.78, 5) is 0. The van der Waals surface area contributed by atoms with Crippen LogP contribution >= 0.6 is 0 Å². The molecule has 0 aromatic carbocycles. The minimum atomic E-state index is -0.619. The fourth-order valence-corrected chi connectivity index (χ4v) is 1.32. The van der Waals surface area contributed by atoms with Crippen molar-refractivity contribution in [2.24, 2.45) is 10.3 Å². The van der Waals surface area contributed by atoms with Crippen molar-refractivity contribution in [3.05, 3.63) is 0 Å². The second-order valence-electron chi connectivity index (χ2n) is 6.04. The molecule has 7 heteroatoms. The van der Waals surface area contributed by atoms with Gasteiger partial charge in [-0.05, 0) is 41.5 Å². The van der Waals surface area contributed by atoms with Gasteiger partial charge in [-0.1, -0.05) is 10.3 Å². The first-order chi connectivity index (χ1) is 9.06. The molecule has 0 saturated carbocycles. The number of β-amino-alcohol motifs (C(OH)–C–C–N with tert-alkyl or cyclic N) is 1. The zero-order valence-electron chi connectivity index (χ0n) is 13.2. The van der Waals surface area contributed by atoms with Crippen molar-refractivity contribution in [3.63, 3.8) is 0 Å². The number of oxime groups is 2. The highest BCUT2D eigenvalue weighted by Gasteiger charge is 2.25. The van der Waals surface area contributed by atoms with Gasteiger partial charge in [-0.3, -0.25) is 0 Å². The Kier molecular flexibility index (Phi) is 7.12. The topological polar surface area (TPSA) is 109 Å². The average molecular weight is 288 g/mol. The van der Waals surface area contributed by atoms with Crippen molar-refractivity contribution in [3.8, 4) is 0 Å². The second kappa shape index (κ2) is 7.56. The van der Waals surface area contributed by atoms with Gasteiger partial charge in [0.05, 0.1) is 28.6 Å². The molecule has 0 heterocycles. The van der Waals surface area contributed by atoms with Crippen LogP contribution in [0.5, 0.6) is 0 Å². The zero-order chi connectivity index (χ0) is 16.0. The lowest BCUT2D eigenvalue weighted by atomic mass is 9.98. The Balaban J connectivity index is 4.30. The van der Waals surface area contributed by atoms with Gasteiger partial charge in [-0.25, -0.2) is 0 Å². The lowest BCUT2D eigenvalue weighted by molar-refractivity contribution is 0.155. The van der Waals surface area contributed by atoms with E-state index in [4.69, 9.17) is 10.4 Å². The summed E-state index contributed by atoms with van der Waals surface area (Å²) in [6, 6.07) is 0. The molecule has 20 heavy (non-hydrogen) atoms. The summed E-state index contributed by atoms with van der Waals surface area (Å²) in [6.45, 7) is 11.6. The minimum absolute atomic E-state index is 0.345. The first-order valence-corrected chi connectivity index (χ1v) is 6.63. The van der Waals surface area contributed by atoms with Gasteiger partial charge in [0.15, 0.2) is 0 Å². The molecule has 0 bridgehead atoms. The Labute approximate surface area is 120 Å². The number of aliphatic hydroxyl groups excluding tert-OH is 1. The number of hydrogen-bond acceptors (Lipinski definition) is 7. The van der Waals surface area contributed by atoms with E-state index in [1.54, 1.807) is 13.8 Å². The highest BCUT2D eigenvalue weighted by molar-refractivity contribution is 5.90. The molecular formula is C13H28N4O3. The summed E-state index contributed by atoms with van der Waals surface area (Å²) in [7, 11) is 0. The van der Waals surface area contributed by atoms with E-state index in [9.17, 15) is 5.11 Å². The Hall–Kier alpha value is -1.18. The Morgan fingerprint density at radius 2 is 1.20 bits per heavy atom. The fourth-order valence-electron chi connectivity index (χ4n) is 1.32. The molecule has 0 saturated heterocycles. The molecule has 0 aliphatic carbocycles. The molecule has 0 spiro atoms. The first kappa shape index (κ1) is 18.8. The molecule has 0 amide bonds. The largest absolute Gasteiger partial charge is 0.411 e.